The van der Waals surface area contributed by atoms with Crippen LogP contribution in [-0.4, -0.2) is 24.9 Å². The first-order valence-electron chi connectivity index (χ1n) is 10.1. The van der Waals surface area contributed by atoms with E-state index in [1.165, 1.54) is 4.90 Å². The van der Waals surface area contributed by atoms with Gasteiger partial charge in [0, 0.05) is 16.2 Å². The summed E-state index contributed by atoms with van der Waals surface area (Å²) in [5.41, 5.74) is 1.64. The van der Waals surface area contributed by atoms with Gasteiger partial charge in [-0.2, -0.15) is 0 Å². The summed E-state index contributed by atoms with van der Waals surface area (Å²) in [6.07, 6.45) is 0. The average molecular weight is 422 g/mol. The van der Waals surface area contributed by atoms with Crippen LogP contribution in [0, 0.1) is 0 Å². The Labute approximate surface area is 182 Å². The molecule has 0 spiro atoms. The van der Waals surface area contributed by atoms with E-state index in [1.807, 2.05) is 68.4 Å². The van der Waals surface area contributed by atoms with Crippen molar-refractivity contribution in [3.63, 3.8) is 0 Å². The summed E-state index contributed by atoms with van der Waals surface area (Å²) >= 11 is 1.76. The van der Waals surface area contributed by atoms with E-state index in [0.29, 0.717) is 18.8 Å². The number of hydrogen-bond acceptors (Lipinski definition) is 4. The Balaban J connectivity index is 1.45. The Morgan fingerprint density at radius 1 is 0.900 bits per heavy atom. The zero-order chi connectivity index (χ0) is 21.2. The predicted molar refractivity (Wildman–Crippen MR) is 123 cm³/mol. The van der Waals surface area contributed by atoms with Crippen LogP contribution in [0.15, 0.2) is 83.8 Å². The van der Waals surface area contributed by atoms with Gasteiger partial charge in [0.25, 0.3) is 5.91 Å². The second-order valence-electron chi connectivity index (χ2n) is 6.73. The van der Waals surface area contributed by atoms with Gasteiger partial charge in [-0.1, -0.05) is 30.3 Å². The second kappa shape index (κ2) is 11.3. The molecule has 0 saturated carbocycles. The molecule has 0 saturated heterocycles. The second-order valence-corrected chi connectivity index (χ2v) is 7.90. The SMILES string of the molecule is CCOc1ccc([C@@H](C)NC(=O)c2ccc(OCCSc3ccccc3)cc2)cc1. The van der Waals surface area contributed by atoms with Crippen LogP contribution in [0.4, 0.5) is 0 Å². The number of thioether (sulfide) groups is 1. The Bertz CT molecular complexity index is 911. The topological polar surface area (TPSA) is 47.6 Å². The molecule has 1 N–H and O–H groups in total. The molecule has 0 fully saturated rings. The molecular formula is C25H27NO3S. The zero-order valence-electron chi connectivity index (χ0n) is 17.3. The van der Waals surface area contributed by atoms with Gasteiger partial charge in [0.15, 0.2) is 0 Å². The smallest absolute Gasteiger partial charge is 0.251 e. The van der Waals surface area contributed by atoms with Crippen LogP contribution >= 0.6 is 11.8 Å². The first-order chi connectivity index (χ1) is 14.7. The van der Waals surface area contributed by atoms with Crippen LogP contribution in [0.1, 0.15) is 35.8 Å². The maximum absolute atomic E-state index is 12.5. The minimum absolute atomic E-state index is 0.0980. The monoisotopic (exact) mass is 421 g/mol. The highest BCUT2D eigenvalue weighted by atomic mass is 32.2. The van der Waals surface area contributed by atoms with Crippen LogP contribution < -0.4 is 14.8 Å². The van der Waals surface area contributed by atoms with Crippen molar-refractivity contribution in [3.8, 4) is 11.5 Å². The van der Waals surface area contributed by atoms with Crippen molar-refractivity contribution >= 4 is 17.7 Å². The summed E-state index contributed by atoms with van der Waals surface area (Å²) in [6, 6.07) is 25.2. The lowest BCUT2D eigenvalue weighted by Crippen LogP contribution is -2.26. The Morgan fingerprint density at radius 3 is 2.20 bits per heavy atom. The van der Waals surface area contributed by atoms with Crippen LogP contribution in [0.2, 0.25) is 0 Å². The molecule has 1 atom stereocenters. The molecule has 3 aromatic carbocycles. The molecule has 0 aliphatic heterocycles. The van der Waals surface area contributed by atoms with Crippen LogP contribution in [0.5, 0.6) is 11.5 Å². The fourth-order valence-corrected chi connectivity index (χ4v) is 3.67. The molecule has 156 valence electrons. The van der Waals surface area contributed by atoms with Crippen LogP contribution in [0.25, 0.3) is 0 Å². The van der Waals surface area contributed by atoms with E-state index >= 15 is 0 Å². The molecule has 0 aromatic heterocycles. The lowest BCUT2D eigenvalue weighted by atomic mass is 10.1. The van der Waals surface area contributed by atoms with Gasteiger partial charge in [0.05, 0.1) is 19.3 Å². The highest BCUT2D eigenvalue weighted by molar-refractivity contribution is 7.99. The summed E-state index contributed by atoms with van der Waals surface area (Å²) in [5.74, 6) is 2.35. The van der Waals surface area contributed by atoms with Gasteiger partial charge >= 0.3 is 0 Å². The van der Waals surface area contributed by atoms with E-state index in [4.69, 9.17) is 9.47 Å². The largest absolute Gasteiger partial charge is 0.494 e. The number of rotatable bonds is 10. The van der Waals surface area contributed by atoms with Gasteiger partial charge in [0.2, 0.25) is 0 Å². The minimum atomic E-state index is -0.109. The standard InChI is InChI=1S/C25H27NO3S/c1-3-28-22-13-9-20(10-14-22)19(2)26-25(27)21-11-15-23(16-12-21)29-17-18-30-24-7-5-4-6-8-24/h4-16,19H,3,17-18H2,1-2H3,(H,26,27)/t19-/m1/s1. The minimum Gasteiger partial charge on any atom is -0.494 e. The number of nitrogens with one attached hydrogen (secondary N) is 1. The van der Waals surface area contributed by atoms with Crippen molar-refractivity contribution in [2.45, 2.75) is 24.8 Å². The molecule has 3 aromatic rings. The fraction of sp³-hybridized carbons (Fsp3) is 0.240. The number of hydrogen-bond donors (Lipinski definition) is 1. The average Bonchev–Trinajstić information content (AvgIpc) is 2.78. The molecule has 0 heterocycles. The maximum Gasteiger partial charge on any atom is 0.251 e. The molecule has 4 nitrogen and oxygen atoms in total. The van der Waals surface area contributed by atoms with Crippen LogP contribution in [-0.2, 0) is 0 Å². The summed E-state index contributed by atoms with van der Waals surface area (Å²) in [6.45, 7) is 5.17. The molecule has 0 radical (unpaired) electrons. The van der Waals surface area contributed by atoms with Crippen molar-refractivity contribution in [1.29, 1.82) is 0 Å². The van der Waals surface area contributed by atoms with E-state index in [9.17, 15) is 4.79 Å². The van der Waals surface area contributed by atoms with Crippen molar-refractivity contribution in [2.24, 2.45) is 0 Å². The molecule has 30 heavy (non-hydrogen) atoms. The van der Waals surface area contributed by atoms with E-state index in [1.54, 1.807) is 23.9 Å². The molecule has 0 unspecified atom stereocenters. The Hall–Kier alpha value is -2.92. The Kier molecular flexibility index (Phi) is 8.21. The first-order valence-corrected chi connectivity index (χ1v) is 11.1. The third-order valence-corrected chi connectivity index (χ3v) is 5.50. The van der Waals surface area contributed by atoms with Crippen molar-refractivity contribution in [3.05, 3.63) is 90.0 Å². The Morgan fingerprint density at radius 2 is 1.53 bits per heavy atom. The molecule has 5 heteroatoms. The summed E-state index contributed by atoms with van der Waals surface area (Å²) in [4.78, 5) is 13.8. The summed E-state index contributed by atoms with van der Waals surface area (Å²) in [7, 11) is 0. The molecule has 3 rings (SSSR count). The molecule has 1 amide bonds. The van der Waals surface area contributed by atoms with Gasteiger partial charge in [-0.15, -0.1) is 11.8 Å². The summed E-state index contributed by atoms with van der Waals surface area (Å²) in [5, 5.41) is 3.03. The van der Waals surface area contributed by atoms with Crippen LogP contribution in [0.3, 0.4) is 0 Å². The third-order valence-electron chi connectivity index (χ3n) is 4.52. The predicted octanol–water partition coefficient (Wildman–Crippen LogP) is 5.75. The van der Waals surface area contributed by atoms with Crippen molar-refractivity contribution < 1.29 is 14.3 Å². The molecule has 0 aliphatic carbocycles. The first kappa shape index (κ1) is 21.8. The highest BCUT2D eigenvalue weighted by Gasteiger charge is 2.12. The number of carbonyl (C=O) groups is 1. The van der Waals surface area contributed by atoms with Crippen molar-refractivity contribution in [2.75, 3.05) is 19.0 Å². The molecular weight excluding hydrogens is 394 g/mol. The summed E-state index contributed by atoms with van der Waals surface area (Å²) < 4.78 is 11.2. The maximum atomic E-state index is 12.5. The molecule has 0 bridgehead atoms. The van der Waals surface area contributed by atoms with Gasteiger partial charge in [0.1, 0.15) is 11.5 Å². The van der Waals surface area contributed by atoms with Gasteiger partial charge in [-0.05, 0) is 67.9 Å². The van der Waals surface area contributed by atoms with Gasteiger partial charge in [-0.25, -0.2) is 0 Å². The quantitative estimate of drug-likeness (QED) is 0.335. The fourth-order valence-electron chi connectivity index (χ4n) is 2.92. The number of ether oxygens (including phenoxy) is 2. The van der Waals surface area contributed by atoms with E-state index in [2.05, 4.69) is 17.4 Å². The number of amides is 1. The lowest BCUT2D eigenvalue weighted by Gasteiger charge is -2.15. The lowest BCUT2D eigenvalue weighted by molar-refractivity contribution is 0.0940. The molecule has 0 aliphatic rings. The van der Waals surface area contributed by atoms with E-state index in [-0.39, 0.29) is 11.9 Å². The number of benzene rings is 3. The van der Waals surface area contributed by atoms with E-state index in [0.717, 1.165) is 22.8 Å². The zero-order valence-corrected chi connectivity index (χ0v) is 18.2. The number of carbonyl (C=O) groups excluding carboxylic acids is 1. The third kappa shape index (κ3) is 6.56. The van der Waals surface area contributed by atoms with Crippen molar-refractivity contribution in [1.82, 2.24) is 5.32 Å². The van der Waals surface area contributed by atoms with Gasteiger partial charge < -0.3 is 14.8 Å². The normalized spacial score (nSPS) is 11.5. The van der Waals surface area contributed by atoms with Gasteiger partial charge in [-0.3, -0.25) is 4.79 Å². The van der Waals surface area contributed by atoms with E-state index < -0.39 is 0 Å². The highest BCUT2D eigenvalue weighted by Crippen LogP contribution is 2.20.